The first kappa shape index (κ1) is 19.5. The SMILES string of the molecule is C=C(CC)C(=O)c1ccc(OCC(=O)O)c(Cl)c1Cl.[Na+]. The van der Waals surface area contributed by atoms with Gasteiger partial charge in [-0.05, 0) is 24.1 Å². The van der Waals surface area contributed by atoms with Crippen LogP contribution in [0.2, 0.25) is 10.0 Å². The summed E-state index contributed by atoms with van der Waals surface area (Å²) in [5.74, 6) is -1.31. The first-order chi connectivity index (χ1) is 8.88. The maximum absolute atomic E-state index is 11.9. The molecule has 7 heteroatoms. The van der Waals surface area contributed by atoms with E-state index in [0.29, 0.717) is 12.0 Å². The maximum Gasteiger partial charge on any atom is 1.00 e. The van der Waals surface area contributed by atoms with Crippen LogP contribution >= 0.6 is 23.2 Å². The van der Waals surface area contributed by atoms with Gasteiger partial charge in [-0.2, -0.15) is 0 Å². The average molecular weight is 326 g/mol. The number of carboxylic acid groups (broad SMARTS) is 1. The normalized spacial score (nSPS) is 9.55. The zero-order chi connectivity index (χ0) is 14.6. The van der Waals surface area contributed by atoms with E-state index in [1.165, 1.54) is 12.1 Å². The van der Waals surface area contributed by atoms with Crippen LogP contribution < -0.4 is 34.3 Å². The Balaban J connectivity index is 0.00000361. The third-order valence-corrected chi connectivity index (χ3v) is 3.26. The summed E-state index contributed by atoms with van der Waals surface area (Å²) in [6, 6.07) is 2.85. The second-order valence-corrected chi connectivity index (χ2v) is 4.46. The second kappa shape index (κ2) is 8.70. The molecule has 4 nitrogen and oxygen atoms in total. The number of aliphatic carboxylic acids is 1. The van der Waals surface area contributed by atoms with Gasteiger partial charge in [-0.3, -0.25) is 4.79 Å². The molecule has 20 heavy (non-hydrogen) atoms. The van der Waals surface area contributed by atoms with Crippen LogP contribution in [0.25, 0.3) is 0 Å². The quantitative estimate of drug-likeness (QED) is 0.473. The maximum atomic E-state index is 11.9. The van der Waals surface area contributed by atoms with E-state index in [1.54, 1.807) is 6.92 Å². The summed E-state index contributed by atoms with van der Waals surface area (Å²) >= 11 is 11.9. The minimum Gasteiger partial charge on any atom is -0.480 e. The summed E-state index contributed by atoms with van der Waals surface area (Å²) in [6.07, 6.45) is 0.504. The number of hydrogen-bond donors (Lipinski definition) is 1. The Bertz CT molecular complexity index is 543. The van der Waals surface area contributed by atoms with Crippen molar-refractivity contribution >= 4 is 35.0 Å². The van der Waals surface area contributed by atoms with Crippen molar-refractivity contribution in [2.24, 2.45) is 0 Å². The fraction of sp³-hybridized carbons (Fsp3) is 0.231. The fourth-order valence-corrected chi connectivity index (χ4v) is 1.77. The van der Waals surface area contributed by atoms with Gasteiger partial charge in [0, 0.05) is 5.56 Å². The molecule has 0 bridgehead atoms. The van der Waals surface area contributed by atoms with E-state index < -0.39 is 12.6 Å². The van der Waals surface area contributed by atoms with E-state index in [2.05, 4.69) is 6.58 Å². The van der Waals surface area contributed by atoms with E-state index in [9.17, 15) is 9.59 Å². The second-order valence-electron chi connectivity index (χ2n) is 3.71. The number of ketones is 1. The van der Waals surface area contributed by atoms with Gasteiger partial charge < -0.3 is 9.84 Å². The third-order valence-electron chi connectivity index (χ3n) is 2.39. The predicted molar refractivity (Wildman–Crippen MR) is 73.4 cm³/mol. The van der Waals surface area contributed by atoms with Crippen molar-refractivity contribution in [3.05, 3.63) is 39.9 Å². The summed E-state index contributed by atoms with van der Waals surface area (Å²) in [4.78, 5) is 22.4. The molecular weight excluding hydrogens is 314 g/mol. The molecule has 0 saturated heterocycles. The van der Waals surface area contributed by atoms with Crippen molar-refractivity contribution < 1.29 is 49.0 Å². The Morgan fingerprint density at radius 3 is 2.40 bits per heavy atom. The zero-order valence-corrected chi connectivity index (χ0v) is 14.7. The topological polar surface area (TPSA) is 63.6 Å². The smallest absolute Gasteiger partial charge is 0.480 e. The van der Waals surface area contributed by atoms with Crippen molar-refractivity contribution in [3.8, 4) is 5.75 Å². The fourth-order valence-electron chi connectivity index (χ4n) is 1.31. The Hall–Kier alpha value is -0.520. The van der Waals surface area contributed by atoms with Gasteiger partial charge >= 0.3 is 35.5 Å². The van der Waals surface area contributed by atoms with Crippen molar-refractivity contribution in [3.63, 3.8) is 0 Å². The van der Waals surface area contributed by atoms with E-state index in [4.69, 9.17) is 33.0 Å². The van der Waals surface area contributed by atoms with Gasteiger partial charge in [0.05, 0.1) is 5.02 Å². The molecule has 0 aliphatic carbocycles. The molecule has 0 amide bonds. The molecule has 0 unspecified atom stereocenters. The van der Waals surface area contributed by atoms with Gasteiger partial charge in [-0.25, -0.2) is 4.79 Å². The number of rotatable bonds is 6. The van der Waals surface area contributed by atoms with Crippen LogP contribution in [0.1, 0.15) is 23.7 Å². The van der Waals surface area contributed by atoms with Crippen LogP contribution in [0.15, 0.2) is 24.3 Å². The Kier molecular flexibility index (Phi) is 8.47. The number of allylic oxidation sites excluding steroid dienone is 1. The van der Waals surface area contributed by atoms with Crippen LogP contribution in [0, 0.1) is 0 Å². The van der Waals surface area contributed by atoms with Crippen LogP contribution in [0.4, 0.5) is 0 Å². The van der Waals surface area contributed by atoms with E-state index in [1.807, 2.05) is 0 Å². The number of Topliss-reactive ketones (excluding diaryl/α,β-unsaturated/α-hetero) is 1. The van der Waals surface area contributed by atoms with Gasteiger partial charge in [-0.1, -0.05) is 36.7 Å². The molecule has 1 N–H and O–H groups in total. The van der Waals surface area contributed by atoms with Crippen molar-refractivity contribution in [1.82, 2.24) is 0 Å². The molecule has 0 heterocycles. The van der Waals surface area contributed by atoms with E-state index in [0.717, 1.165) is 0 Å². The molecule has 1 aromatic carbocycles. The average Bonchev–Trinajstić information content (AvgIpc) is 2.38. The van der Waals surface area contributed by atoms with Crippen molar-refractivity contribution in [1.29, 1.82) is 0 Å². The number of carboxylic acids is 1. The molecule has 1 rings (SSSR count). The summed E-state index contributed by atoms with van der Waals surface area (Å²) in [7, 11) is 0. The number of ether oxygens (including phenoxy) is 1. The van der Waals surface area contributed by atoms with Gasteiger partial charge in [-0.15, -0.1) is 0 Å². The zero-order valence-electron chi connectivity index (χ0n) is 11.2. The monoisotopic (exact) mass is 325 g/mol. The molecule has 0 spiro atoms. The van der Waals surface area contributed by atoms with Crippen LogP contribution in [-0.4, -0.2) is 23.5 Å². The third kappa shape index (κ3) is 4.79. The minimum atomic E-state index is -1.13. The van der Waals surface area contributed by atoms with Gasteiger partial charge in [0.15, 0.2) is 12.4 Å². The molecule has 0 aliphatic rings. The number of carbonyl (C=O) groups excluding carboxylic acids is 1. The molecule has 102 valence electrons. The first-order valence-electron chi connectivity index (χ1n) is 5.43. The molecule has 0 saturated carbocycles. The van der Waals surface area contributed by atoms with Gasteiger partial charge in [0.25, 0.3) is 0 Å². The molecule has 1 aromatic rings. The number of hydrogen-bond acceptors (Lipinski definition) is 3. The summed E-state index contributed by atoms with van der Waals surface area (Å²) < 4.78 is 4.95. The van der Waals surface area contributed by atoms with Crippen LogP contribution in [-0.2, 0) is 4.79 Å². The summed E-state index contributed by atoms with van der Waals surface area (Å²) in [6.45, 7) is 4.91. The van der Waals surface area contributed by atoms with Gasteiger partial charge in [0.2, 0.25) is 0 Å². The molecule has 0 fully saturated rings. The van der Waals surface area contributed by atoms with E-state index >= 15 is 0 Å². The summed E-state index contributed by atoms with van der Waals surface area (Å²) in [5.41, 5.74) is 0.637. The van der Waals surface area contributed by atoms with E-state index in [-0.39, 0.29) is 56.7 Å². The molecule has 0 radical (unpaired) electrons. The number of halogens is 2. The number of benzene rings is 1. The predicted octanol–water partition coefficient (Wildman–Crippen LogP) is 0.610. The molecule has 0 aliphatic heterocycles. The number of carbonyl (C=O) groups is 2. The Morgan fingerprint density at radius 1 is 1.30 bits per heavy atom. The Labute approximate surface area is 149 Å². The molecular formula is C13H12Cl2NaO4+. The molecule has 0 aromatic heterocycles. The Morgan fingerprint density at radius 2 is 1.90 bits per heavy atom. The first-order valence-corrected chi connectivity index (χ1v) is 6.19. The van der Waals surface area contributed by atoms with Crippen molar-refractivity contribution in [2.45, 2.75) is 13.3 Å². The summed E-state index contributed by atoms with van der Waals surface area (Å²) in [5, 5.41) is 8.56. The minimum absolute atomic E-state index is 0. The standard InChI is InChI=1S/C13H12Cl2O4.Na/c1-3-7(2)13(18)8-4-5-9(12(15)11(8)14)19-6-10(16)17;/h4-5H,2-3,6H2,1H3,(H,16,17);/q;+1. The van der Waals surface area contributed by atoms with Crippen molar-refractivity contribution in [2.75, 3.05) is 6.61 Å². The largest absolute Gasteiger partial charge is 1.00 e. The van der Waals surface area contributed by atoms with Crippen LogP contribution in [0.3, 0.4) is 0 Å². The van der Waals surface area contributed by atoms with Gasteiger partial charge in [0.1, 0.15) is 10.8 Å². The molecule has 0 atom stereocenters. The van der Waals surface area contributed by atoms with Crippen LogP contribution in [0.5, 0.6) is 5.75 Å².